The van der Waals surface area contributed by atoms with Crippen LogP contribution in [0, 0.1) is 6.92 Å². The van der Waals surface area contributed by atoms with E-state index in [1.54, 1.807) is 26.6 Å². The van der Waals surface area contributed by atoms with Gasteiger partial charge in [-0.25, -0.2) is 4.98 Å². The van der Waals surface area contributed by atoms with Crippen LogP contribution >= 0.6 is 0 Å². The van der Waals surface area contributed by atoms with E-state index in [4.69, 9.17) is 20.2 Å². The number of anilines is 2. The largest absolute Gasteiger partial charge is 0.497 e. The lowest BCUT2D eigenvalue weighted by atomic mass is 10.1. The molecule has 3 heterocycles. The number of hydrogen-bond acceptors (Lipinski definition) is 8. The molecule has 2 aromatic heterocycles. The van der Waals surface area contributed by atoms with Crippen molar-refractivity contribution in [1.29, 1.82) is 0 Å². The molecule has 4 aromatic rings. The second-order valence-corrected chi connectivity index (χ2v) is 9.26. The molecule has 2 aromatic carbocycles. The van der Waals surface area contributed by atoms with Gasteiger partial charge in [-0.2, -0.15) is 5.10 Å². The predicted molar refractivity (Wildman–Crippen MR) is 142 cm³/mol. The van der Waals surface area contributed by atoms with Gasteiger partial charge in [-0.05, 0) is 44.5 Å². The molecule has 1 atom stereocenters. The summed E-state index contributed by atoms with van der Waals surface area (Å²) in [4.78, 5) is 14.3. The maximum absolute atomic E-state index is 6.25. The number of nitrogens with zero attached hydrogens (tertiary/aromatic N) is 5. The van der Waals surface area contributed by atoms with Gasteiger partial charge in [0.05, 0.1) is 43.3 Å². The number of aromatic amines is 1. The highest BCUT2D eigenvalue weighted by molar-refractivity contribution is 5.83. The summed E-state index contributed by atoms with van der Waals surface area (Å²) in [5, 5.41) is 7.11. The second-order valence-electron chi connectivity index (χ2n) is 9.26. The van der Waals surface area contributed by atoms with Gasteiger partial charge in [0.25, 0.3) is 0 Å². The predicted octanol–water partition coefficient (Wildman–Crippen LogP) is 3.91. The van der Waals surface area contributed by atoms with Gasteiger partial charge in [-0.1, -0.05) is 0 Å². The van der Waals surface area contributed by atoms with Crippen LogP contribution in [0.5, 0.6) is 11.5 Å². The molecule has 9 nitrogen and oxygen atoms in total. The number of nitrogens with two attached hydrogens (primary N) is 1. The summed E-state index contributed by atoms with van der Waals surface area (Å²) in [5.41, 5.74) is 12.6. The highest BCUT2D eigenvalue weighted by Crippen LogP contribution is 2.34. The van der Waals surface area contributed by atoms with Crippen molar-refractivity contribution in [1.82, 2.24) is 25.1 Å². The Morgan fingerprint density at radius 1 is 1.06 bits per heavy atom. The summed E-state index contributed by atoms with van der Waals surface area (Å²) < 4.78 is 11.1. The van der Waals surface area contributed by atoms with Gasteiger partial charge in [0.15, 0.2) is 0 Å². The van der Waals surface area contributed by atoms with Crippen molar-refractivity contribution in [3.63, 3.8) is 0 Å². The lowest BCUT2D eigenvalue weighted by molar-refractivity contribution is 0.214. The van der Waals surface area contributed by atoms with Crippen LogP contribution in [-0.4, -0.2) is 71.5 Å². The number of methoxy groups -OCH3 is 2. The first-order chi connectivity index (χ1) is 17.5. The molecule has 188 valence electrons. The molecular formula is C27H33N7O2. The van der Waals surface area contributed by atoms with Crippen molar-refractivity contribution in [2.75, 3.05) is 45.3 Å². The van der Waals surface area contributed by atoms with Crippen molar-refractivity contribution < 1.29 is 9.47 Å². The number of nitrogens with one attached hydrogen (secondary N) is 1. The SMILES string of the molecule is COc1cc(OC)cc(N(CCN2CCC[C@H](N)C2)c2ccc3ncc(-c4cn[nH]c4C)nc3c2)c1. The number of benzene rings is 2. The van der Waals surface area contributed by atoms with Crippen molar-refractivity contribution in [2.24, 2.45) is 5.73 Å². The van der Waals surface area contributed by atoms with Gasteiger partial charge in [0.2, 0.25) is 0 Å². The number of aromatic nitrogens is 4. The number of H-pyrrole nitrogens is 1. The van der Waals surface area contributed by atoms with Gasteiger partial charge in [0.1, 0.15) is 11.5 Å². The first kappa shape index (κ1) is 24.0. The number of aryl methyl sites for hydroxylation is 1. The van der Waals surface area contributed by atoms with Gasteiger partial charge >= 0.3 is 0 Å². The van der Waals surface area contributed by atoms with Crippen molar-refractivity contribution in [2.45, 2.75) is 25.8 Å². The Labute approximate surface area is 211 Å². The maximum atomic E-state index is 6.25. The Balaban J connectivity index is 1.53. The third-order valence-corrected chi connectivity index (χ3v) is 6.77. The first-order valence-corrected chi connectivity index (χ1v) is 12.3. The van der Waals surface area contributed by atoms with E-state index in [0.717, 1.165) is 89.9 Å². The normalized spacial score (nSPS) is 16.3. The van der Waals surface area contributed by atoms with Gasteiger partial charge in [-0.3, -0.25) is 10.1 Å². The minimum absolute atomic E-state index is 0.241. The Hall–Kier alpha value is -3.69. The molecule has 3 N–H and O–H groups in total. The zero-order chi connectivity index (χ0) is 25.1. The van der Waals surface area contributed by atoms with Crippen LogP contribution in [0.15, 0.2) is 48.8 Å². The van der Waals surface area contributed by atoms with E-state index >= 15 is 0 Å². The molecule has 0 amide bonds. The zero-order valence-corrected chi connectivity index (χ0v) is 21.1. The van der Waals surface area contributed by atoms with Crippen LogP contribution in [0.2, 0.25) is 0 Å². The zero-order valence-electron chi connectivity index (χ0n) is 21.1. The number of ether oxygens (including phenoxy) is 2. The van der Waals surface area contributed by atoms with E-state index in [-0.39, 0.29) is 6.04 Å². The van der Waals surface area contributed by atoms with Gasteiger partial charge in [0, 0.05) is 66.5 Å². The average Bonchev–Trinajstić information content (AvgIpc) is 3.34. The maximum Gasteiger partial charge on any atom is 0.124 e. The molecule has 5 rings (SSSR count). The smallest absolute Gasteiger partial charge is 0.124 e. The number of likely N-dealkylation sites (tertiary alicyclic amines) is 1. The molecule has 0 aliphatic carbocycles. The topological polar surface area (TPSA) is 105 Å². The van der Waals surface area contributed by atoms with Crippen LogP contribution in [-0.2, 0) is 0 Å². The summed E-state index contributed by atoms with van der Waals surface area (Å²) in [5.74, 6) is 1.49. The monoisotopic (exact) mass is 487 g/mol. The van der Waals surface area contributed by atoms with E-state index in [2.05, 4.69) is 37.1 Å². The summed E-state index contributed by atoms with van der Waals surface area (Å²) in [6.45, 7) is 5.65. The fourth-order valence-corrected chi connectivity index (χ4v) is 4.80. The molecule has 1 saturated heterocycles. The standard InChI is InChI=1S/C27H33N7O2/c1-18-24(15-30-32-18)27-16-29-25-7-6-20(13-26(25)31-27)34(10-9-33-8-4-5-19(28)17-33)21-11-22(35-2)14-23(12-21)36-3/h6-7,11-16,19H,4-5,8-10,17,28H2,1-3H3,(H,30,32)/t19-/m0/s1. The van der Waals surface area contributed by atoms with E-state index in [1.807, 2.05) is 31.2 Å². The Morgan fingerprint density at radius 3 is 2.56 bits per heavy atom. The fourth-order valence-electron chi connectivity index (χ4n) is 4.80. The van der Waals surface area contributed by atoms with Crippen LogP contribution < -0.4 is 20.1 Å². The van der Waals surface area contributed by atoms with Crippen LogP contribution in [0.3, 0.4) is 0 Å². The lowest BCUT2D eigenvalue weighted by Gasteiger charge is -2.33. The molecule has 9 heteroatoms. The third kappa shape index (κ3) is 5.12. The quantitative estimate of drug-likeness (QED) is 0.385. The number of piperidine rings is 1. The average molecular weight is 488 g/mol. The van der Waals surface area contributed by atoms with Gasteiger partial charge < -0.3 is 25.0 Å². The Kier molecular flexibility index (Phi) is 7.02. The molecule has 36 heavy (non-hydrogen) atoms. The second kappa shape index (κ2) is 10.5. The number of hydrogen-bond donors (Lipinski definition) is 2. The Morgan fingerprint density at radius 2 is 1.86 bits per heavy atom. The molecule has 0 saturated carbocycles. The summed E-state index contributed by atoms with van der Waals surface area (Å²) in [7, 11) is 3.34. The summed E-state index contributed by atoms with van der Waals surface area (Å²) in [6, 6.07) is 12.4. The molecule has 1 aliphatic heterocycles. The summed E-state index contributed by atoms with van der Waals surface area (Å²) >= 11 is 0. The van der Waals surface area contributed by atoms with E-state index in [0.29, 0.717) is 0 Å². The van der Waals surface area contributed by atoms with Crippen LogP contribution in [0.1, 0.15) is 18.5 Å². The highest BCUT2D eigenvalue weighted by atomic mass is 16.5. The minimum atomic E-state index is 0.241. The van der Waals surface area contributed by atoms with Crippen molar-refractivity contribution in [3.05, 3.63) is 54.5 Å². The molecule has 0 spiro atoms. The number of fused-ring (bicyclic) bond motifs is 1. The van der Waals surface area contributed by atoms with E-state index in [9.17, 15) is 0 Å². The molecule has 0 unspecified atom stereocenters. The van der Waals surface area contributed by atoms with Crippen LogP contribution in [0.4, 0.5) is 11.4 Å². The van der Waals surface area contributed by atoms with Crippen molar-refractivity contribution >= 4 is 22.4 Å². The van der Waals surface area contributed by atoms with Crippen molar-refractivity contribution in [3.8, 4) is 22.8 Å². The third-order valence-electron chi connectivity index (χ3n) is 6.77. The lowest BCUT2D eigenvalue weighted by Crippen LogP contribution is -2.45. The molecule has 0 bridgehead atoms. The molecule has 0 radical (unpaired) electrons. The molecular weight excluding hydrogens is 454 g/mol. The highest BCUT2D eigenvalue weighted by Gasteiger charge is 2.20. The minimum Gasteiger partial charge on any atom is -0.497 e. The summed E-state index contributed by atoms with van der Waals surface area (Å²) in [6.07, 6.45) is 5.81. The fraction of sp³-hybridized carbons (Fsp3) is 0.370. The van der Waals surface area contributed by atoms with E-state index in [1.165, 1.54) is 0 Å². The Bertz CT molecular complexity index is 1320. The van der Waals surface area contributed by atoms with E-state index < -0.39 is 0 Å². The van der Waals surface area contributed by atoms with Gasteiger partial charge in [-0.15, -0.1) is 0 Å². The number of rotatable bonds is 8. The first-order valence-electron chi connectivity index (χ1n) is 12.3. The van der Waals surface area contributed by atoms with Crippen LogP contribution in [0.25, 0.3) is 22.3 Å². The molecule has 1 aliphatic rings. The molecule has 1 fully saturated rings.